The number of nitro groups is 3. The van der Waals surface area contributed by atoms with Crippen LogP contribution in [0.2, 0.25) is 0 Å². The Bertz CT molecular complexity index is 696. The first-order chi connectivity index (χ1) is 9.88. The van der Waals surface area contributed by atoms with Crippen LogP contribution in [0.15, 0.2) is 0 Å². The largest absolute Gasteiger partial charge is 0.525 e. The van der Waals surface area contributed by atoms with Crippen LogP contribution in [0.25, 0.3) is 0 Å². The van der Waals surface area contributed by atoms with Gasteiger partial charge in [0.15, 0.2) is 0 Å². The predicted molar refractivity (Wildman–Crippen MR) is 62.4 cm³/mol. The van der Waals surface area contributed by atoms with Crippen LogP contribution in [0.3, 0.4) is 0 Å². The molecule has 16 heteroatoms. The summed E-state index contributed by atoms with van der Waals surface area (Å²) < 4.78 is 14.4. The van der Waals surface area contributed by atoms with Gasteiger partial charge in [0, 0.05) is 0 Å². The molecule has 0 amide bonds. The fourth-order valence-electron chi connectivity index (χ4n) is 1.38. The van der Waals surface area contributed by atoms with E-state index >= 15 is 0 Å². The lowest BCUT2D eigenvalue weighted by Gasteiger charge is -2.09. The highest BCUT2D eigenvalue weighted by Gasteiger charge is 2.46. The standard InChI is InChI=1S/C6H4N3O12P/c10-4-1(7(12)13)5(11)3(9(16)17)6(2(4)8(14)15)21-22(18,19)20/h10-11H,(H2,18,19,20). The molecule has 0 atom stereocenters. The Morgan fingerprint density at radius 3 is 1.36 bits per heavy atom. The summed E-state index contributed by atoms with van der Waals surface area (Å²) in [5, 5.41) is 51.0. The highest BCUT2D eigenvalue weighted by atomic mass is 31.2. The summed E-state index contributed by atoms with van der Waals surface area (Å²) >= 11 is 0. The molecule has 0 spiro atoms. The molecule has 4 N–H and O–H groups in total. The molecular weight excluding hydrogens is 337 g/mol. The van der Waals surface area contributed by atoms with Crippen LogP contribution in [0.4, 0.5) is 17.1 Å². The number of aromatic hydroxyl groups is 2. The van der Waals surface area contributed by atoms with E-state index in [9.17, 15) is 45.1 Å². The molecule has 22 heavy (non-hydrogen) atoms. The summed E-state index contributed by atoms with van der Waals surface area (Å²) in [5.41, 5.74) is -5.52. The maximum Gasteiger partial charge on any atom is 0.525 e. The Morgan fingerprint density at radius 2 is 1.14 bits per heavy atom. The van der Waals surface area contributed by atoms with Crippen LogP contribution in [0.5, 0.6) is 17.2 Å². The summed E-state index contributed by atoms with van der Waals surface area (Å²) in [5.74, 6) is -5.58. The number of phosphoric acid groups is 1. The van der Waals surface area contributed by atoms with Gasteiger partial charge in [0.2, 0.25) is 0 Å². The smallest absolute Gasteiger partial charge is 0.497 e. The SMILES string of the molecule is O=[N+]([O-])c1c(O)c([N+](=O)[O-])c(OP(=O)(O)O)c([N+](=O)[O-])c1O. The van der Waals surface area contributed by atoms with Crippen molar-refractivity contribution in [2.45, 2.75) is 0 Å². The lowest BCUT2D eigenvalue weighted by Crippen LogP contribution is -2.04. The van der Waals surface area contributed by atoms with Gasteiger partial charge < -0.3 is 14.7 Å². The topological polar surface area (TPSA) is 237 Å². The second-order valence-electron chi connectivity index (χ2n) is 3.43. The fourth-order valence-corrected chi connectivity index (χ4v) is 1.79. The van der Waals surface area contributed by atoms with E-state index in [0.717, 1.165) is 0 Å². The number of hydrogen-bond donors (Lipinski definition) is 4. The van der Waals surface area contributed by atoms with Crippen molar-refractivity contribution in [1.29, 1.82) is 0 Å². The minimum atomic E-state index is -5.60. The molecule has 0 saturated heterocycles. The predicted octanol–water partition coefficient (Wildman–Crippen LogP) is 0.294. The van der Waals surface area contributed by atoms with Crippen LogP contribution in [-0.2, 0) is 4.57 Å². The van der Waals surface area contributed by atoms with Gasteiger partial charge in [-0.15, -0.1) is 0 Å². The third kappa shape index (κ3) is 3.00. The van der Waals surface area contributed by atoms with E-state index in [2.05, 4.69) is 4.52 Å². The molecule has 0 aliphatic heterocycles. The number of rotatable bonds is 5. The van der Waals surface area contributed by atoms with Crippen molar-refractivity contribution in [3.63, 3.8) is 0 Å². The van der Waals surface area contributed by atoms with E-state index in [0.29, 0.717) is 0 Å². The Kier molecular flexibility index (Phi) is 4.17. The van der Waals surface area contributed by atoms with Gasteiger partial charge in [-0.3, -0.25) is 40.1 Å². The Morgan fingerprint density at radius 1 is 0.818 bits per heavy atom. The Labute approximate surface area is 117 Å². The molecular formula is C6H4N3O12P. The van der Waals surface area contributed by atoms with Crippen LogP contribution >= 0.6 is 7.82 Å². The van der Waals surface area contributed by atoms with Crippen molar-refractivity contribution in [2.75, 3.05) is 0 Å². The number of phenols is 2. The number of phosphoric ester groups is 1. The molecule has 1 rings (SSSR count). The normalized spacial score (nSPS) is 11.0. The molecule has 1 aromatic carbocycles. The molecule has 120 valence electrons. The van der Waals surface area contributed by atoms with Gasteiger partial charge in [0.25, 0.3) is 17.2 Å². The zero-order chi connectivity index (χ0) is 17.4. The van der Waals surface area contributed by atoms with E-state index in [1.165, 1.54) is 0 Å². The van der Waals surface area contributed by atoms with E-state index in [4.69, 9.17) is 9.79 Å². The molecule has 0 bridgehead atoms. The molecule has 0 unspecified atom stereocenters. The van der Waals surface area contributed by atoms with Crippen LogP contribution in [0.1, 0.15) is 0 Å². The molecule has 0 radical (unpaired) electrons. The molecule has 1 aromatic rings. The second-order valence-corrected chi connectivity index (χ2v) is 4.59. The Hall–Kier alpha value is -3.03. The van der Waals surface area contributed by atoms with E-state index in [-0.39, 0.29) is 0 Å². The van der Waals surface area contributed by atoms with Gasteiger partial charge in [0.1, 0.15) is 0 Å². The molecule has 0 aromatic heterocycles. The number of benzene rings is 1. The van der Waals surface area contributed by atoms with Crippen molar-refractivity contribution in [1.82, 2.24) is 0 Å². The third-order valence-corrected chi connectivity index (χ3v) is 2.51. The summed E-state index contributed by atoms with van der Waals surface area (Å²) in [6, 6.07) is 0. The molecule has 15 nitrogen and oxygen atoms in total. The molecule has 0 aliphatic rings. The molecule has 0 saturated carbocycles. The van der Waals surface area contributed by atoms with Crippen LogP contribution in [0, 0.1) is 30.3 Å². The van der Waals surface area contributed by atoms with Gasteiger partial charge in [-0.25, -0.2) is 4.57 Å². The quantitative estimate of drug-likeness (QED) is 0.321. The van der Waals surface area contributed by atoms with Gasteiger partial charge in [-0.05, 0) is 0 Å². The van der Waals surface area contributed by atoms with E-state index in [1.807, 2.05) is 0 Å². The fraction of sp³-hybridized carbons (Fsp3) is 0. The maximum absolute atomic E-state index is 10.8. The Balaban J connectivity index is 4.03. The summed E-state index contributed by atoms with van der Waals surface area (Å²) in [4.78, 5) is 44.6. The summed E-state index contributed by atoms with van der Waals surface area (Å²) in [6.07, 6.45) is 0. The number of hydrogen-bond acceptors (Lipinski definition) is 10. The first kappa shape index (κ1) is 17.0. The average Bonchev–Trinajstić information content (AvgIpc) is 2.23. The van der Waals surface area contributed by atoms with Gasteiger partial charge in [-0.1, -0.05) is 0 Å². The monoisotopic (exact) mass is 341 g/mol. The zero-order valence-corrected chi connectivity index (χ0v) is 10.7. The van der Waals surface area contributed by atoms with E-state index in [1.54, 1.807) is 0 Å². The highest BCUT2D eigenvalue weighted by molar-refractivity contribution is 7.46. The lowest BCUT2D eigenvalue weighted by molar-refractivity contribution is -0.406. The molecule has 0 fully saturated rings. The molecule has 0 aliphatic carbocycles. The van der Waals surface area contributed by atoms with E-state index < -0.39 is 56.9 Å². The summed E-state index contributed by atoms with van der Waals surface area (Å²) in [6.45, 7) is 0. The minimum absolute atomic E-state index is 1.56. The number of phenolic OH excluding ortho intramolecular Hbond substituents is 2. The van der Waals surface area contributed by atoms with Gasteiger partial charge >= 0.3 is 24.9 Å². The van der Waals surface area contributed by atoms with Crippen molar-refractivity contribution in [2.24, 2.45) is 0 Å². The number of nitro benzene ring substituents is 3. The maximum atomic E-state index is 10.8. The lowest BCUT2D eigenvalue weighted by atomic mass is 10.2. The van der Waals surface area contributed by atoms with Crippen molar-refractivity contribution in [3.8, 4) is 17.2 Å². The van der Waals surface area contributed by atoms with Gasteiger partial charge in [-0.2, -0.15) is 0 Å². The van der Waals surface area contributed by atoms with Gasteiger partial charge in [0.05, 0.1) is 14.8 Å². The second kappa shape index (κ2) is 5.40. The van der Waals surface area contributed by atoms with Crippen molar-refractivity contribution >= 4 is 24.9 Å². The average molecular weight is 341 g/mol. The van der Waals surface area contributed by atoms with Crippen molar-refractivity contribution < 1.29 is 43.9 Å². The van der Waals surface area contributed by atoms with Crippen LogP contribution < -0.4 is 4.52 Å². The first-order valence-corrected chi connectivity index (χ1v) is 6.21. The first-order valence-electron chi connectivity index (χ1n) is 4.68. The minimum Gasteiger partial charge on any atom is -0.497 e. The van der Waals surface area contributed by atoms with Crippen LogP contribution in [-0.4, -0.2) is 34.8 Å². The number of nitrogens with zero attached hydrogens (tertiary/aromatic N) is 3. The zero-order valence-electron chi connectivity index (χ0n) is 9.84. The summed E-state index contributed by atoms with van der Waals surface area (Å²) in [7, 11) is -5.60. The third-order valence-electron chi connectivity index (χ3n) is 2.09. The highest BCUT2D eigenvalue weighted by Crippen LogP contribution is 2.58. The molecule has 0 heterocycles. The van der Waals surface area contributed by atoms with Crippen molar-refractivity contribution in [3.05, 3.63) is 30.3 Å².